The van der Waals surface area contributed by atoms with Crippen LogP contribution in [0.4, 0.5) is 5.82 Å². The van der Waals surface area contributed by atoms with E-state index in [-0.39, 0.29) is 0 Å². The van der Waals surface area contributed by atoms with Gasteiger partial charge in [0.2, 0.25) is 0 Å². The molecule has 0 aliphatic carbocycles. The molecule has 7 nitrogen and oxygen atoms in total. The average molecular weight is 361 g/mol. The highest BCUT2D eigenvalue weighted by molar-refractivity contribution is 5.64. The molecule has 138 valence electrons. The number of H-pyrrole nitrogens is 1. The third-order valence-electron chi connectivity index (χ3n) is 5.87. The highest BCUT2D eigenvalue weighted by Gasteiger charge is 2.35. The summed E-state index contributed by atoms with van der Waals surface area (Å²) < 4.78 is 0. The van der Waals surface area contributed by atoms with Gasteiger partial charge in [-0.25, -0.2) is 0 Å². The number of rotatable bonds is 4. The smallest absolute Gasteiger partial charge is 0.151 e. The van der Waals surface area contributed by atoms with Crippen molar-refractivity contribution in [2.45, 2.75) is 43.8 Å². The Balaban J connectivity index is 1.31. The van der Waals surface area contributed by atoms with Crippen LogP contribution >= 0.6 is 0 Å². The van der Waals surface area contributed by atoms with Crippen LogP contribution in [0.25, 0.3) is 22.5 Å². The molecule has 1 unspecified atom stereocenters. The largest absolute Gasteiger partial charge is 0.355 e. The van der Waals surface area contributed by atoms with Crippen LogP contribution < -0.4 is 10.2 Å². The lowest BCUT2D eigenvalue weighted by Gasteiger charge is -2.36. The van der Waals surface area contributed by atoms with Gasteiger partial charge in [-0.05, 0) is 43.9 Å². The van der Waals surface area contributed by atoms with E-state index in [1.54, 1.807) is 6.20 Å². The molecular formula is C20H23N7. The first-order chi connectivity index (χ1) is 13.3. The molecule has 2 fully saturated rings. The minimum Gasteiger partial charge on any atom is -0.355 e. The number of pyridine rings is 1. The molecule has 2 saturated heterocycles. The summed E-state index contributed by atoms with van der Waals surface area (Å²) in [5.41, 5.74) is 3.66. The number of piperidine rings is 1. The summed E-state index contributed by atoms with van der Waals surface area (Å²) in [6, 6.07) is 9.94. The molecular weight excluding hydrogens is 338 g/mol. The van der Waals surface area contributed by atoms with Gasteiger partial charge in [0.05, 0.1) is 11.9 Å². The molecule has 2 bridgehead atoms. The molecule has 0 aromatic carbocycles. The second kappa shape index (κ2) is 6.74. The Bertz CT molecular complexity index is 877. The van der Waals surface area contributed by atoms with Crippen LogP contribution in [0.5, 0.6) is 0 Å². The molecule has 0 radical (unpaired) electrons. The Hall–Kier alpha value is -2.80. The van der Waals surface area contributed by atoms with Gasteiger partial charge >= 0.3 is 0 Å². The van der Waals surface area contributed by atoms with Crippen molar-refractivity contribution >= 4 is 5.82 Å². The van der Waals surface area contributed by atoms with Gasteiger partial charge in [0, 0.05) is 48.7 Å². The summed E-state index contributed by atoms with van der Waals surface area (Å²) >= 11 is 0. The number of hydrogen-bond donors (Lipinski definition) is 2. The van der Waals surface area contributed by atoms with E-state index >= 15 is 0 Å². The van der Waals surface area contributed by atoms with E-state index in [4.69, 9.17) is 0 Å². The lowest BCUT2D eigenvalue weighted by molar-refractivity contribution is 0.353. The molecule has 27 heavy (non-hydrogen) atoms. The van der Waals surface area contributed by atoms with Crippen molar-refractivity contribution in [1.82, 2.24) is 30.7 Å². The third-order valence-corrected chi connectivity index (χ3v) is 5.87. The molecule has 2 aliphatic rings. The van der Waals surface area contributed by atoms with E-state index in [1.165, 1.54) is 25.7 Å². The zero-order valence-corrected chi connectivity index (χ0v) is 15.3. The summed E-state index contributed by atoms with van der Waals surface area (Å²) in [5.74, 6) is 0.931. The monoisotopic (exact) mass is 361 g/mol. The molecule has 3 atom stereocenters. The van der Waals surface area contributed by atoms with E-state index in [0.29, 0.717) is 18.1 Å². The fourth-order valence-electron chi connectivity index (χ4n) is 4.31. The third kappa shape index (κ3) is 3.19. The number of fused-ring (bicyclic) bond motifs is 2. The molecule has 3 aromatic rings. The molecule has 2 N–H and O–H groups in total. The van der Waals surface area contributed by atoms with Crippen LogP contribution in [0, 0.1) is 0 Å². The summed E-state index contributed by atoms with van der Waals surface area (Å²) in [5, 5.41) is 19.4. The Labute approximate surface area is 158 Å². The summed E-state index contributed by atoms with van der Waals surface area (Å²) in [7, 11) is 2.14. The van der Waals surface area contributed by atoms with Crippen molar-refractivity contribution in [3.8, 4) is 22.5 Å². The zero-order valence-electron chi connectivity index (χ0n) is 15.3. The highest BCUT2D eigenvalue weighted by atomic mass is 15.3. The molecule has 0 spiro atoms. The van der Waals surface area contributed by atoms with Crippen LogP contribution in [-0.2, 0) is 0 Å². The minimum absolute atomic E-state index is 0.538. The maximum atomic E-state index is 4.53. The molecule has 2 aliphatic heterocycles. The van der Waals surface area contributed by atoms with Crippen molar-refractivity contribution < 1.29 is 0 Å². The van der Waals surface area contributed by atoms with Gasteiger partial charge in [0.25, 0.3) is 0 Å². The minimum atomic E-state index is 0.538. The van der Waals surface area contributed by atoms with Crippen molar-refractivity contribution in [2.24, 2.45) is 0 Å². The van der Waals surface area contributed by atoms with Crippen LogP contribution in [0.1, 0.15) is 25.7 Å². The topological polar surface area (TPSA) is 82.6 Å². The Morgan fingerprint density at radius 2 is 1.74 bits per heavy atom. The van der Waals surface area contributed by atoms with Gasteiger partial charge < -0.3 is 10.2 Å². The quantitative estimate of drug-likeness (QED) is 0.743. The number of nitrogens with zero attached hydrogens (tertiary/aromatic N) is 5. The zero-order chi connectivity index (χ0) is 18.2. The summed E-state index contributed by atoms with van der Waals surface area (Å²) in [6.45, 7) is 0. The maximum Gasteiger partial charge on any atom is 0.151 e. The van der Waals surface area contributed by atoms with Crippen LogP contribution in [0.3, 0.4) is 0 Å². The van der Waals surface area contributed by atoms with Gasteiger partial charge in [0.15, 0.2) is 5.82 Å². The normalized spacial score (nSPS) is 24.1. The predicted octanol–water partition coefficient (Wildman–Crippen LogP) is 2.65. The van der Waals surface area contributed by atoms with E-state index in [0.717, 1.165) is 28.3 Å². The highest BCUT2D eigenvalue weighted by Crippen LogP contribution is 2.31. The molecule has 3 aromatic heterocycles. The molecule has 7 heteroatoms. The Morgan fingerprint density at radius 3 is 2.37 bits per heavy atom. The standard InChI is InChI=1S/C20H23N7/c1-27(17-8-15-3-4-16(9-17)24-15)20-7-6-19(25-26-20)18-5-2-13(10-21-18)14-11-22-23-12-14/h2,5-7,10-12,15-17,24H,3-4,8-9H2,1H3,(H,22,23)/t15-,16+,17?. The van der Waals surface area contributed by atoms with E-state index in [2.05, 4.69) is 48.7 Å². The second-order valence-electron chi connectivity index (χ2n) is 7.57. The van der Waals surface area contributed by atoms with Crippen molar-refractivity contribution in [3.05, 3.63) is 42.9 Å². The van der Waals surface area contributed by atoms with E-state index in [9.17, 15) is 0 Å². The molecule has 5 rings (SSSR count). The van der Waals surface area contributed by atoms with Crippen molar-refractivity contribution in [3.63, 3.8) is 0 Å². The van der Waals surface area contributed by atoms with Gasteiger partial charge in [-0.3, -0.25) is 10.1 Å². The molecule has 5 heterocycles. The van der Waals surface area contributed by atoms with Crippen LogP contribution in [-0.4, -0.2) is 50.6 Å². The summed E-state index contributed by atoms with van der Waals surface area (Å²) in [6.07, 6.45) is 10.5. The van der Waals surface area contributed by atoms with Gasteiger partial charge in [0.1, 0.15) is 5.69 Å². The van der Waals surface area contributed by atoms with Crippen molar-refractivity contribution in [2.75, 3.05) is 11.9 Å². The predicted molar refractivity (Wildman–Crippen MR) is 104 cm³/mol. The Kier molecular flexibility index (Phi) is 4.09. The lowest BCUT2D eigenvalue weighted by atomic mass is 9.98. The number of nitrogens with one attached hydrogen (secondary N) is 2. The molecule has 0 amide bonds. The van der Waals surface area contributed by atoms with Gasteiger partial charge in [-0.15, -0.1) is 10.2 Å². The lowest BCUT2D eigenvalue weighted by Crippen LogP contribution is -2.47. The first kappa shape index (κ1) is 16.4. The number of hydrogen-bond acceptors (Lipinski definition) is 6. The number of aromatic amines is 1. The van der Waals surface area contributed by atoms with E-state index in [1.807, 2.05) is 30.6 Å². The maximum absolute atomic E-state index is 4.53. The number of anilines is 1. The summed E-state index contributed by atoms with van der Waals surface area (Å²) in [4.78, 5) is 6.82. The average Bonchev–Trinajstić information content (AvgIpc) is 3.37. The van der Waals surface area contributed by atoms with Crippen LogP contribution in [0.15, 0.2) is 42.9 Å². The van der Waals surface area contributed by atoms with E-state index < -0.39 is 0 Å². The first-order valence-electron chi connectivity index (χ1n) is 9.54. The fourth-order valence-corrected chi connectivity index (χ4v) is 4.31. The Morgan fingerprint density at radius 1 is 0.926 bits per heavy atom. The molecule has 0 saturated carbocycles. The SMILES string of the molecule is CN(c1ccc(-c2ccc(-c3cn[nH]c3)cn2)nn1)C1C[C@H]2CC[C@@H](C1)N2. The van der Waals surface area contributed by atoms with Crippen molar-refractivity contribution in [1.29, 1.82) is 0 Å². The fraction of sp³-hybridized carbons (Fsp3) is 0.400. The van der Waals surface area contributed by atoms with Gasteiger partial charge in [-0.2, -0.15) is 5.10 Å². The number of aromatic nitrogens is 5. The first-order valence-corrected chi connectivity index (χ1v) is 9.54. The second-order valence-corrected chi connectivity index (χ2v) is 7.57. The van der Waals surface area contributed by atoms with Crippen LogP contribution in [0.2, 0.25) is 0 Å². The van der Waals surface area contributed by atoms with Gasteiger partial charge in [-0.1, -0.05) is 6.07 Å².